The molecule has 1 aliphatic rings. The molecular weight excluding hydrogens is 192 g/mol. The normalized spacial score (nSPS) is 28.7. The van der Waals surface area contributed by atoms with E-state index in [1.54, 1.807) is 0 Å². The van der Waals surface area contributed by atoms with Crippen molar-refractivity contribution in [2.45, 2.75) is 38.8 Å². The number of rotatable bonds is 4. The molecule has 0 bridgehead atoms. The van der Waals surface area contributed by atoms with Gasteiger partial charge in [-0.2, -0.15) is 5.10 Å². The molecule has 1 aliphatic carbocycles. The van der Waals surface area contributed by atoms with Crippen molar-refractivity contribution in [3.8, 4) is 0 Å². The lowest BCUT2D eigenvalue weighted by atomic mass is 9.64. The van der Waals surface area contributed by atoms with Crippen molar-refractivity contribution < 1.29 is 5.11 Å². The summed E-state index contributed by atoms with van der Waals surface area (Å²) in [6.07, 6.45) is 3.05. The number of nitrogens with zero attached hydrogens (tertiary/aromatic N) is 2. The quantitative estimate of drug-likeness (QED) is 0.659. The molecule has 1 fully saturated rings. The van der Waals surface area contributed by atoms with Crippen molar-refractivity contribution in [3.63, 3.8) is 0 Å². The maximum atomic E-state index is 9.56. The molecule has 2 rings (SSSR count). The summed E-state index contributed by atoms with van der Waals surface area (Å²) in [7, 11) is 0. The molecule has 0 radical (unpaired) electrons. The Labute approximate surface area is 89.3 Å². The summed E-state index contributed by atoms with van der Waals surface area (Å²) in [6.45, 7) is 5.05. The fourth-order valence-corrected chi connectivity index (χ4v) is 1.96. The smallest absolute Gasteiger partial charge is 0.137 e. The zero-order valence-corrected chi connectivity index (χ0v) is 9.20. The predicted octanol–water partition coefficient (Wildman–Crippen LogP) is 0.0962. The third-order valence-corrected chi connectivity index (χ3v) is 3.43. The van der Waals surface area contributed by atoms with Gasteiger partial charge in [0.15, 0.2) is 0 Å². The summed E-state index contributed by atoms with van der Waals surface area (Å²) in [5, 5.41) is 19.6. The van der Waals surface area contributed by atoms with Gasteiger partial charge in [-0.15, -0.1) is 0 Å². The van der Waals surface area contributed by atoms with Crippen molar-refractivity contribution in [3.05, 3.63) is 12.2 Å². The number of aromatic nitrogens is 3. The molecule has 1 aromatic rings. The van der Waals surface area contributed by atoms with E-state index in [-0.39, 0.29) is 11.5 Å². The summed E-state index contributed by atoms with van der Waals surface area (Å²) in [6, 6.07) is 0.412. The molecule has 1 heterocycles. The van der Waals surface area contributed by atoms with Crippen LogP contribution in [0.15, 0.2) is 6.33 Å². The SMILES string of the molecule is CC1(C)C(O)CC1NCCc1ncn[nH]1. The predicted molar refractivity (Wildman–Crippen MR) is 56.3 cm³/mol. The number of hydrogen-bond donors (Lipinski definition) is 3. The molecule has 0 amide bonds. The molecule has 2 atom stereocenters. The Bertz CT molecular complexity index is 309. The van der Waals surface area contributed by atoms with Gasteiger partial charge < -0.3 is 10.4 Å². The lowest BCUT2D eigenvalue weighted by Gasteiger charge is -2.49. The topological polar surface area (TPSA) is 73.8 Å². The second-order valence-electron chi connectivity index (χ2n) is 4.76. The summed E-state index contributed by atoms with van der Waals surface area (Å²) >= 11 is 0. The molecule has 15 heavy (non-hydrogen) atoms. The first kappa shape index (κ1) is 10.6. The van der Waals surface area contributed by atoms with Crippen molar-refractivity contribution in [1.82, 2.24) is 20.5 Å². The van der Waals surface area contributed by atoms with Crippen LogP contribution >= 0.6 is 0 Å². The second kappa shape index (κ2) is 3.90. The monoisotopic (exact) mass is 210 g/mol. The van der Waals surface area contributed by atoms with Crippen LogP contribution in [0.4, 0.5) is 0 Å². The molecule has 84 valence electrons. The minimum Gasteiger partial charge on any atom is -0.392 e. The Kier molecular flexibility index (Phi) is 2.75. The first-order chi connectivity index (χ1) is 7.10. The summed E-state index contributed by atoms with van der Waals surface area (Å²) < 4.78 is 0. The van der Waals surface area contributed by atoms with Crippen molar-refractivity contribution in [2.24, 2.45) is 5.41 Å². The number of aromatic amines is 1. The largest absolute Gasteiger partial charge is 0.392 e. The highest BCUT2D eigenvalue weighted by atomic mass is 16.3. The Morgan fingerprint density at radius 1 is 1.67 bits per heavy atom. The van der Waals surface area contributed by atoms with E-state index in [9.17, 15) is 5.11 Å². The first-order valence-corrected chi connectivity index (χ1v) is 5.36. The van der Waals surface area contributed by atoms with Crippen LogP contribution in [0.2, 0.25) is 0 Å². The van der Waals surface area contributed by atoms with Gasteiger partial charge in [0.05, 0.1) is 6.10 Å². The minimum absolute atomic E-state index is 0.00140. The summed E-state index contributed by atoms with van der Waals surface area (Å²) in [4.78, 5) is 4.05. The number of H-pyrrole nitrogens is 1. The molecule has 0 saturated heterocycles. The molecule has 0 aromatic carbocycles. The van der Waals surface area contributed by atoms with E-state index in [4.69, 9.17) is 0 Å². The third-order valence-electron chi connectivity index (χ3n) is 3.43. The highest BCUT2D eigenvalue weighted by molar-refractivity contribution is 5.01. The van der Waals surface area contributed by atoms with Crippen molar-refractivity contribution in [2.75, 3.05) is 6.54 Å². The number of aliphatic hydroxyl groups excluding tert-OH is 1. The number of hydrogen-bond acceptors (Lipinski definition) is 4. The van der Waals surface area contributed by atoms with Crippen LogP contribution in [0.1, 0.15) is 26.1 Å². The van der Waals surface area contributed by atoms with Gasteiger partial charge >= 0.3 is 0 Å². The highest BCUT2D eigenvalue weighted by Gasteiger charge is 2.46. The molecule has 0 aliphatic heterocycles. The average molecular weight is 210 g/mol. The van der Waals surface area contributed by atoms with Crippen molar-refractivity contribution >= 4 is 0 Å². The number of aliphatic hydroxyl groups is 1. The van der Waals surface area contributed by atoms with Gasteiger partial charge in [0.25, 0.3) is 0 Å². The number of nitrogens with one attached hydrogen (secondary N) is 2. The fraction of sp³-hybridized carbons (Fsp3) is 0.800. The molecule has 1 saturated carbocycles. The molecule has 3 N–H and O–H groups in total. The highest BCUT2D eigenvalue weighted by Crippen LogP contribution is 2.40. The minimum atomic E-state index is -0.166. The zero-order chi connectivity index (χ0) is 10.9. The lowest BCUT2D eigenvalue weighted by Crippen LogP contribution is -2.60. The molecule has 5 nitrogen and oxygen atoms in total. The fourth-order valence-electron chi connectivity index (χ4n) is 1.96. The standard InChI is InChI=1S/C10H18N4O/c1-10(2)7(5-8(10)15)11-4-3-9-12-6-13-14-9/h6-8,11,15H,3-5H2,1-2H3,(H,12,13,14). The van der Waals surface area contributed by atoms with Crippen LogP contribution < -0.4 is 5.32 Å². The van der Waals surface area contributed by atoms with Crippen LogP contribution in [-0.2, 0) is 6.42 Å². The summed E-state index contributed by atoms with van der Waals surface area (Å²) in [5.74, 6) is 0.903. The Hall–Kier alpha value is -0.940. The van der Waals surface area contributed by atoms with E-state index in [2.05, 4.69) is 34.3 Å². The maximum Gasteiger partial charge on any atom is 0.137 e. The Morgan fingerprint density at radius 2 is 2.47 bits per heavy atom. The average Bonchev–Trinajstić information content (AvgIpc) is 2.69. The molecule has 0 spiro atoms. The first-order valence-electron chi connectivity index (χ1n) is 5.36. The Morgan fingerprint density at radius 3 is 3.00 bits per heavy atom. The van der Waals surface area contributed by atoms with Gasteiger partial charge in [-0.05, 0) is 6.42 Å². The molecule has 5 heteroatoms. The molecule has 2 unspecified atom stereocenters. The van der Waals surface area contributed by atoms with Gasteiger partial charge in [-0.25, -0.2) is 4.98 Å². The Balaban J connectivity index is 1.71. The van der Waals surface area contributed by atoms with E-state index in [0.717, 1.165) is 25.2 Å². The van der Waals surface area contributed by atoms with E-state index >= 15 is 0 Å². The van der Waals surface area contributed by atoms with Crippen LogP contribution in [0.5, 0.6) is 0 Å². The van der Waals surface area contributed by atoms with Gasteiger partial charge in [0, 0.05) is 24.4 Å². The van der Waals surface area contributed by atoms with Crippen LogP contribution in [0.3, 0.4) is 0 Å². The van der Waals surface area contributed by atoms with E-state index in [1.807, 2.05) is 0 Å². The van der Waals surface area contributed by atoms with E-state index in [1.165, 1.54) is 6.33 Å². The van der Waals surface area contributed by atoms with Crippen LogP contribution in [0.25, 0.3) is 0 Å². The molecular formula is C10H18N4O. The van der Waals surface area contributed by atoms with Crippen LogP contribution in [0, 0.1) is 5.41 Å². The second-order valence-corrected chi connectivity index (χ2v) is 4.76. The third kappa shape index (κ3) is 2.03. The van der Waals surface area contributed by atoms with Crippen molar-refractivity contribution in [1.29, 1.82) is 0 Å². The van der Waals surface area contributed by atoms with Gasteiger partial charge in [-0.1, -0.05) is 13.8 Å². The lowest BCUT2D eigenvalue weighted by molar-refractivity contribution is -0.0721. The van der Waals surface area contributed by atoms with Gasteiger partial charge in [0.1, 0.15) is 12.2 Å². The van der Waals surface area contributed by atoms with E-state index < -0.39 is 0 Å². The molecule has 1 aromatic heterocycles. The zero-order valence-electron chi connectivity index (χ0n) is 9.20. The van der Waals surface area contributed by atoms with Gasteiger partial charge in [-0.3, -0.25) is 5.10 Å². The van der Waals surface area contributed by atoms with Crippen LogP contribution in [-0.4, -0.2) is 39.0 Å². The van der Waals surface area contributed by atoms with Gasteiger partial charge in [0.2, 0.25) is 0 Å². The maximum absolute atomic E-state index is 9.56. The summed E-state index contributed by atoms with van der Waals surface area (Å²) in [5.41, 5.74) is 0.00140. The van der Waals surface area contributed by atoms with E-state index in [0.29, 0.717) is 6.04 Å².